The largest absolute Gasteiger partial charge is 0.372 e. The summed E-state index contributed by atoms with van der Waals surface area (Å²) in [6.07, 6.45) is 0.00162. The highest BCUT2D eigenvalue weighted by atomic mass is 32.2. The number of hydrogen-bond acceptors (Lipinski definition) is 3. The first-order valence-corrected chi connectivity index (χ1v) is 5.52. The van der Waals surface area contributed by atoms with Gasteiger partial charge in [0.05, 0.1) is 17.5 Å². The minimum absolute atomic E-state index is 0.00162. The Hall–Kier alpha value is -0.130. The Kier molecular flexibility index (Phi) is 3.68. The van der Waals surface area contributed by atoms with E-state index in [0.717, 1.165) is 0 Å². The molecule has 0 amide bonds. The molecule has 0 aliphatic heterocycles. The number of hydrogen-bond donors (Lipinski definition) is 1. The third-order valence-corrected chi connectivity index (χ3v) is 2.20. The Morgan fingerprint density at radius 3 is 2.08 bits per heavy atom. The van der Waals surface area contributed by atoms with E-state index in [-0.39, 0.29) is 11.9 Å². The van der Waals surface area contributed by atoms with Crippen molar-refractivity contribution >= 4 is 10.0 Å². The second-order valence-corrected chi connectivity index (χ2v) is 5.35. The number of primary sulfonamides is 1. The van der Waals surface area contributed by atoms with E-state index in [1.165, 1.54) is 0 Å². The third kappa shape index (κ3) is 6.57. The molecule has 0 bridgehead atoms. The van der Waals surface area contributed by atoms with Gasteiger partial charge in [0.25, 0.3) is 0 Å². The van der Waals surface area contributed by atoms with Crippen molar-refractivity contribution in [3.63, 3.8) is 0 Å². The predicted molar refractivity (Wildman–Crippen MR) is 48.3 cm³/mol. The Morgan fingerprint density at radius 2 is 1.83 bits per heavy atom. The molecule has 0 saturated carbocycles. The summed E-state index contributed by atoms with van der Waals surface area (Å²) >= 11 is 0. The molecule has 0 aliphatic rings. The number of ether oxygens (including phenoxy) is 1. The highest BCUT2D eigenvalue weighted by molar-refractivity contribution is 7.89. The summed E-state index contributed by atoms with van der Waals surface area (Å²) in [7, 11) is -3.45. The van der Waals surface area contributed by atoms with E-state index in [4.69, 9.17) is 9.88 Å². The van der Waals surface area contributed by atoms with Crippen molar-refractivity contribution in [3.8, 4) is 0 Å². The molecule has 0 unspecified atom stereocenters. The summed E-state index contributed by atoms with van der Waals surface area (Å²) in [5.41, 5.74) is -0.707. The van der Waals surface area contributed by atoms with Gasteiger partial charge < -0.3 is 4.74 Å². The zero-order chi connectivity index (χ0) is 9.99. The Balaban J connectivity index is 4.23. The van der Waals surface area contributed by atoms with Crippen molar-refractivity contribution < 1.29 is 13.2 Å². The van der Waals surface area contributed by atoms with Crippen LogP contribution in [0.4, 0.5) is 0 Å². The Morgan fingerprint density at radius 1 is 1.42 bits per heavy atom. The zero-order valence-electron chi connectivity index (χ0n) is 7.99. The molecule has 4 nitrogen and oxygen atoms in total. The lowest BCUT2D eigenvalue weighted by molar-refractivity contribution is -0.0400. The lowest BCUT2D eigenvalue weighted by Crippen LogP contribution is -2.38. The van der Waals surface area contributed by atoms with Crippen LogP contribution < -0.4 is 5.14 Å². The molecule has 0 fully saturated rings. The van der Waals surface area contributed by atoms with Gasteiger partial charge in [-0.2, -0.15) is 0 Å². The molecule has 5 heteroatoms. The maximum absolute atomic E-state index is 10.7. The lowest BCUT2D eigenvalue weighted by atomic mass is 10.2. The van der Waals surface area contributed by atoms with Crippen LogP contribution in [-0.2, 0) is 14.8 Å². The van der Waals surface area contributed by atoms with E-state index in [1.54, 1.807) is 13.8 Å². The van der Waals surface area contributed by atoms with Gasteiger partial charge in [-0.3, -0.25) is 0 Å². The molecule has 0 aromatic rings. The standard InChI is InChI=1S/C7H17NO3S/c1-6(2)11-7(3,4)5-12(8,9)10/h6H,5H2,1-4H3,(H2,8,9,10). The van der Waals surface area contributed by atoms with Crippen molar-refractivity contribution in [3.05, 3.63) is 0 Å². The summed E-state index contributed by atoms with van der Waals surface area (Å²) in [6, 6.07) is 0. The van der Waals surface area contributed by atoms with Crippen LogP contribution in [0.2, 0.25) is 0 Å². The summed E-state index contributed by atoms with van der Waals surface area (Å²) in [5.74, 6) is -0.155. The zero-order valence-corrected chi connectivity index (χ0v) is 8.81. The minimum atomic E-state index is -3.45. The van der Waals surface area contributed by atoms with Gasteiger partial charge in [-0.05, 0) is 27.7 Å². The molecule has 0 saturated heterocycles. The molecule has 74 valence electrons. The topological polar surface area (TPSA) is 69.4 Å². The fourth-order valence-electron chi connectivity index (χ4n) is 1.16. The van der Waals surface area contributed by atoms with Gasteiger partial charge in [0.1, 0.15) is 0 Å². The smallest absolute Gasteiger partial charge is 0.211 e. The summed E-state index contributed by atoms with van der Waals surface area (Å²) in [5, 5.41) is 4.89. The second-order valence-electron chi connectivity index (χ2n) is 3.73. The minimum Gasteiger partial charge on any atom is -0.372 e. The molecule has 0 aromatic carbocycles. The first-order chi connectivity index (χ1) is 5.12. The van der Waals surface area contributed by atoms with Crippen LogP contribution in [0.1, 0.15) is 27.7 Å². The maximum Gasteiger partial charge on any atom is 0.211 e. The fourth-order valence-corrected chi connectivity index (χ4v) is 2.19. The van der Waals surface area contributed by atoms with Gasteiger partial charge >= 0.3 is 0 Å². The number of rotatable bonds is 4. The highest BCUT2D eigenvalue weighted by Crippen LogP contribution is 2.13. The van der Waals surface area contributed by atoms with Crippen molar-refractivity contribution in [1.29, 1.82) is 0 Å². The Labute approximate surface area is 74.1 Å². The van der Waals surface area contributed by atoms with Gasteiger partial charge in [-0.25, -0.2) is 13.6 Å². The SMILES string of the molecule is CC(C)OC(C)(C)CS(N)(=O)=O. The molecule has 0 heterocycles. The summed E-state index contributed by atoms with van der Waals surface area (Å²) in [4.78, 5) is 0. The molecular weight excluding hydrogens is 178 g/mol. The lowest BCUT2D eigenvalue weighted by Gasteiger charge is -2.26. The fraction of sp³-hybridized carbons (Fsp3) is 1.00. The average molecular weight is 195 g/mol. The first kappa shape index (κ1) is 11.9. The highest BCUT2D eigenvalue weighted by Gasteiger charge is 2.25. The maximum atomic E-state index is 10.7. The Bertz CT molecular complexity index is 231. The van der Waals surface area contributed by atoms with Crippen molar-refractivity contribution in [2.45, 2.75) is 39.4 Å². The van der Waals surface area contributed by atoms with E-state index in [1.807, 2.05) is 13.8 Å². The van der Waals surface area contributed by atoms with Crippen LogP contribution in [-0.4, -0.2) is 25.9 Å². The molecule has 0 atom stereocenters. The van der Waals surface area contributed by atoms with Gasteiger partial charge in [0.2, 0.25) is 10.0 Å². The predicted octanol–water partition coefficient (Wildman–Crippen LogP) is 0.479. The van der Waals surface area contributed by atoms with Gasteiger partial charge in [0, 0.05) is 0 Å². The van der Waals surface area contributed by atoms with Gasteiger partial charge in [0.15, 0.2) is 0 Å². The van der Waals surface area contributed by atoms with E-state index < -0.39 is 15.6 Å². The monoisotopic (exact) mass is 195 g/mol. The average Bonchev–Trinajstić information content (AvgIpc) is 1.48. The van der Waals surface area contributed by atoms with E-state index in [0.29, 0.717) is 0 Å². The molecule has 0 aliphatic carbocycles. The molecule has 0 rings (SSSR count). The third-order valence-electron chi connectivity index (χ3n) is 1.10. The van der Waals surface area contributed by atoms with Crippen molar-refractivity contribution in [2.24, 2.45) is 5.14 Å². The summed E-state index contributed by atoms with van der Waals surface area (Å²) < 4.78 is 26.8. The van der Waals surface area contributed by atoms with Crippen molar-refractivity contribution in [2.75, 3.05) is 5.75 Å². The van der Waals surface area contributed by atoms with E-state index in [9.17, 15) is 8.42 Å². The van der Waals surface area contributed by atoms with Gasteiger partial charge in [-0.1, -0.05) is 0 Å². The van der Waals surface area contributed by atoms with Crippen LogP contribution in [0.25, 0.3) is 0 Å². The number of sulfonamides is 1. The molecule has 0 aromatic heterocycles. The van der Waals surface area contributed by atoms with Crippen LogP contribution >= 0.6 is 0 Å². The van der Waals surface area contributed by atoms with Crippen LogP contribution in [0, 0.1) is 0 Å². The first-order valence-electron chi connectivity index (χ1n) is 3.81. The quantitative estimate of drug-likeness (QED) is 0.709. The molecule has 2 N–H and O–H groups in total. The van der Waals surface area contributed by atoms with Crippen molar-refractivity contribution in [1.82, 2.24) is 0 Å². The van der Waals surface area contributed by atoms with Crippen LogP contribution in [0.15, 0.2) is 0 Å². The second kappa shape index (κ2) is 3.72. The summed E-state index contributed by atoms with van der Waals surface area (Å²) in [6.45, 7) is 7.12. The van der Waals surface area contributed by atoms with Crippen LogP contribution in [0.5, 0.6) is 0 Å². The molecule has 0 radical (unpaired) electrons. The number of nitrogens with two attached hydrogens (primary N) is 1. The normalized spacial score (nSPS) is 13.8. The molecule has 12 heavy (non-hydrogen) atoms. The van der Waals surface area contributed by atoms with Crippen LogP contribution in [0.3, 0.4) is 0 Å². The van der Waals surface area contributed by atoms with Gasteiger partial charge in [-0.15, -0.1) is 0 Å². The van der Waals surface area contributed by atoms with E-state index in [2.05, 4.69) is 0 Å². The van der Waals surface area contributed by atoms with E-state index >= 15 is 0 Å². The molecular formula is C7H17NO3S. The molecule has 0 spiro atoms.